The molecule has 0 bridgehead atoms. The quantitative estimate of drug-likeness (QED) is 0.797. The van der Waals surface area contributed by atoms with Crippen molar-refractivity contribution < 1.29 is 9.90 Å². The van der Waals surface area contributed by atoms with Gasteiger partial charge in [0, 0.05) is 0 Å². The molecule has 2 heteroatoms. The smallest absolute Gasteiger partial charge is 0.306 e. The minimum absolute atomic E-state index is 0.234. The largest absolute Gasteiger partial charge is 0.481 e. The summed E-state index contributed by atoms with van der Waals surface area (Å²) in [6.07, 6.45) is 3.47. The molecule has 0 saturated heterocycles. The second kappa shape index (κ2) is 6.31. The number of aryl methyl sites for hydroxylation is 1. The first-order chi connectivity index (χ1) is 7.63. The Morgan fingerprint density at radius 2 is 1.94 bits per heavy atom. The highest BCUT2D eigenvalue weighted by molar-refractivity contribution is 5.70. The molecule has 0 amide bonds. The van der Waals surface area contributed by atoms with Crippen LogP contribution in [0.3, 0.4) is 0 Å². The van der Waals surface area contributed by atoms with E-state index in [4.69, 9.17) is 5.11 Å². The molecule has 1 rings (SSSR count). The number of benzene rings is 1. The summed E-state index contributed by atoms with van der Waals surface area (Å²) in [4.78, 5) is 11.1. The summed E-state index contributed by atoms with van der Waals surface area (Å²) in [6, 6.07) is 8.12. The third-order valence-corrected chi connectivity index (χ3v) is 2.86. The number of aliphatic carboxylic acids is 1. The maximum Gasteiger partial charge on any atom is 0.306 e. The lowest BCUT2D eigenvalue weighted by atomic mass is 9.94. The molecule has 0 radical (unpaired) electrons. The van der Waals surface area contributed by atoms with Crippen molar-refractivity contribution >= 4 is 5.97 Å². The number of hydrogen-bond donors (Lipinski definition) is 1. The van der Waals surface area contributed by atoms with E-state index >= 15 is 0 Å². The van der Waals surface area contributed by atoms with E-state index in [1.165, 1.54) is 5.56 Å². The highest BCUT2D eigenvalue weighted by Crippen LogP contribution is 2.16. The van der Waals surface area contributed by atoms with Gasteiger partial charge in [-0.05, 0) is 25.3 Å². The Morgan fingerprint density at radius 1 is 1.31 bits per heavy atom. The lowest BCUT2D eigenvalue weighted by Crippen LogP contribution is -2.16. The number of carbonyl (C=O) groups is 1. The maximum absolute atomic E-state index is 11.1. The van der Waals surface area contributed by atoms with E-state index in [0.29, 0.717) is 6.42 Å². The lowest BCUT2D eigenvalue weighted by Gasteiger charge is -2.11. The van der Waals surface area contributed by atoms with Gasteiger partial charge in [0.05, 0.1) is 5.92 Å². The zero-order chi connectivity index (χ0) is 12.0. The summed E-state index contributed by atoms with van der Waals surface area (Å²) < 4.78 is 0. The summed E-state index contributed by atoms with van der Waals surface area (Å²) in [6.45, 7) is 4.13. The first kappa shape index (κ1) is 12.8. The molecule has 88 valence electrons. The van der Waals surface area contributed by atoms with Crippen molar-refractivity contribution in [3.63, 3.8) is 0 Å². The Kier molecular flexibility index (Phi) is 5.03. The molecule has 0 aromatic heterocycles. The predicted octanol–water partition coefficient (Wildman–Crippen LogP) is 3.43. The van der Waals surface area contributed by atoms with Gasteiger partial charge in [0.15, 0.2) is 0 Å². The van der Waals surface area contributed by atoms with Crippen LogP contribution in [0.1, 0.15) is 37.3 Å². The lowest BCUT2D eigenvalue weighted by molar-refractivity contribution is -0.141. The Bertz CT molecular complexity index is 327. The van der Waals surface area contributed by atoms with E-state index in [1.54, 1.807) is 0 Å². The maximum atomic E-state index is 11.1. The normalized spacial score (nSPS) is 12.4. The van der Waals surface area contributed by atoms with Crippen LogP contribution < -0.4 is 0 Å². The van der Waals surface area contributed by atoms with Crippen molar-refractivity contribution in [3.8, 4) is 0 Å². The van der Waals surface area contributed by atoms with Crippen molar-refractivity contribution in [2.24, 2.45) is 5.92 Å². The Balaban J connectivity index is 2.60. The van der Waals surface area contributed by atoms with Crippen molar-refractivity contribution in [1.29, 1.82) is 0 Å². The monoisotopic (exact) mass is 220 g/mol. The molecule has 0 aliphatic rings. The summed E-state index contributed by atoms with van der Waals surface area (Å²) in [5, 5.41) is 9.12. The summed E-state index contributed by atoms with van der Waals surface area (Å²) in [5.74, 6) is -0.906. The molecular weight excluding hydrogens is 200 g/mol. The molecule has 16 heavy (non-hydrogen) atoms. The van der Waals surface area contributed by atoms with Gasteiger partial charge in [0.25, 0.3) is 0 Å². The summed E-state index contributed by atoms with van der Waals surface area (Å²) >= 11 is 0. The molecule has 1 aromatic rings. The summed E-state index contributed by atoms with van der Waals surface area (Å²) in [5.41, 5.74) is 2.33. The van der Waals surface area contributed by atoms with Crippen LogP contribution >= 0.6 is 0 Å². The van der Waals surface area contributed by atoms with Gasteiger partial charge < -0.3 is 5.11 Å². The van der Waals surface area contributed by atoms with Gasteiger partial charge in [-0.1, -0.05) is 49.6 Å². The van der Waals surface area contributed by atoms with E-state index in [9.17, 15) is 4.79 Å². The molecular formula is C14H20O2. The first-order valence-electron chi connectivity index (χ1n) is 5.91. The van der Waals surface area contributed by atoms with Crippen LogP contribution in [0.5, 0.6) is 0 Å². The topological polar surface area (TPSA) is 37.3 Å². The third kappa shape index (κ3) is 4.05. The van der Waals surface area contributed by atoms with Gasteiger partial charge in [-0.2, -0.15) is 0 Å². The van der Waals surface area contributed by atoms with E-state index < -0.39 is 5.97 Å². The van der Waals surface area contributed by atoms with Gasteiger partial charge in [0.2, 0.25) is 0 Å². The van der Waals surface area contributed by atoms with Crippen LogP contribution in [0.25, 0.3) is 0 Å². The molecule has 0 fully saturated rings. The van der Waals surface area contributed by atoms with E-state index in [2.05, 4.69) is 6.92 Å². The zero-order valence-electron chi connectivity index (χ0n) is 10.1. The standard InChI is InChI=1S/C14H20O2/c1-3-4-5-13(14(15)16)10-12-8-6-11(2)7-9-12/h6-9,13H,3-5,10H2,1-2H3,(H,15,16). The summed E-state index contributed by atoms with van der Waals surface area (Å²) in [7, 11) is 0. The molecule has 0 aliphatic heterocycles. The second-order valence-corrected chi connectivity index (χ2v) is 4.37. The van der Waals surface area contributed by atoms with E-state index in [0.717, 1.165) is 24.8 Å². The fourth-order valence-electron chi connectivity index (χ4n) is 1.77. The van der Waals surface area contributed by atoms with Gasteiger partial charge in [-0.15, -0.1) is 0 Å². The molecule has 0 heterocycles. The van der Waals surface area contributed by atoms with Crippen LogP contribution in [-0.4, -0.2) is 11.1 Å². The minimum atomic E-state index is -0.672. The number of carboxylic acid groups (broad SMARTS) is 1. The Morgan fingerprint density at radius 3 is 2.44 bits per heavy atom. The number of rotatable bonds is 6. The average Bonchev–Trinajstić information content (AvgIpc) is 2.26. The van der Waals surface area contributed by atoms with Crippen molar-refractivity contribution in [1.82, 2.24) is 0 Å². The van der Waals surface area contributed by atoms with Crippen LogP contribution in [0.2, 0.25) is 0 Å². The fourth-order valence-corrected chi connectivity index (χ4v) is 1.77. The van der Waals surface area contributed by atoms with Crippen LogP contribution in [0, 0.1) is 12.8 Å². The molecule has 0 aliphatic carbocycles. The second-order valence-electron chi connectivity index (χ2n) is 4.37. The Labute approximate surface area is 97.3 Å². The molecule has 0 spiro atoms. The molecule has 1 aromatic carbocycles. The number of unbranched alkanes of at least 4 members (excludes halogenated alkanes) is 1. The highest BCUT2D eigenvalue weighted by Gasteiger charge is 2.16. The highest BCUT2D eigenvalue weighted by atomic mass is 16.4. The average molecular weight is 220 g/mol. The molecule has 1 atom stereocenters. The van der Waals surface area contributed by atoms with Crippen LogP contribution in [-0.2, 0) is 11.2 Å². The first-order valence-corrected chi connectivity index (χ1v) is 5.91. The number of hydrogen-bond acceptors (Lipinski definition) is 1. The molecule has 1 N–H and O–H groups in total. The zero-order valence-corrected chi connectivity index (χ0v) is 10.1. The predicted molar refractivity (Wildman–Crippen MR) is 65.5 cm³/mol. The SMILES string of the molecule is CCCCC(Cc1ccc(C)cc1)C(=O)O. The Hall–Kier alpha value is -1.31. The van der Waals surface area contributed by atoms with E-state index in [1.807, 2.05) is 31.2 Å². The van der Waals surface area contributed by atoms with Crippen LogP contribution in [0.4, 0.5) is 0 Å². The van der Waals surface area contributed by atoms with Crippen LogP contribution in [0.15, 0.2) is 24.3 Å². The fraction of sp³-hybridized carbons (Fsp3) is 0.500. The van der Waals surface area contributed by atoms with Crippen molar-refractivity contribution in [3.05, 3.63) is 35.4 Å². The van der Waals surface area contributed by atoms with Gasteiger partial charge in [-0.3, -0.25) is 4.79 Å². The molecule has 2 nitrogen and oxygen atoms in total. The molecule has 0 saturated carbocycles. The third-order valence-electron chi connectivity index (χ3n) is 2.86. The van der Waals surface area contributed by atoms with Crippen molar-refractivity contribution in [2.45, 2.75) is 39.5 Å². The molecule has 1 unspecified atom stereocenters. The number of carboxylic acids is 1. The van der Waals surface area contributed by atoms with E-state index in [-0.39, 0.29) is 5.92 Å². The van der Waals surface area contributed by atoms with Gasteiger partial charge in [-0.25, -0.2) is 0 Å². The minimum Gasteiger partial charge on any atom is -0.481 e. The van der Waals surface area contributed by atoms with Crippen molar-refractivity contribution in [2.75, 3.05) is 0 Å². The van der Waals surface area contributed by atoms with Gasteiger partial charge >= 0.3 is 5.97 Å². The van der Waals surface area contributed by atoms with Gasteiger partial charge in [0.1, 0.15) is 0 Å².